The van der Waals surface area contributed by atoms with E-state index in [2.05, 4.69) is 10.2 Å². The average Bonchev–Trinajstić information content (AvgIpc) is 2.85. The minimum Gasteiger partial charge on any atom is -0.480 e. The summed E-state index contributed by atoms with van der Waals surface area (Å²) in [7, 11) is 0. The third-order valence-electron chi connectivity index (χ3n) is 1.76. The Labute approximate surface area is 104 Å². The molecule has 84 valence electrons. The minimum absolute atomic E-state index is 0.496. The summed E-state index contributed by atoms with van der Waals surface area (Å²) in [5.74, 6) is -0.835. The van der Waals surface area contributed by atoms with Crippen LogP contribution in [-0.4, -0.2) is 26.5 Å². The molecule has 0 spiro atoms. The van der Waals surface area contributed by atoms with Gasteiger partial charge in [-0.15, -0.1) is 21.5 Å². The number of hydrogen-bond donors (Lipinski definition) is 1. The van der Waals surface area contributed by atoms with Gasteiger partial charge in [-0.3, -0.25) is 4.79 Å². The zero-order chi connectivity index (χ0) is 11.5. The van der Waals surface area contributed by atoms with Gasteiger partial charge in [-0.2, -0.15) is 0 Å². The van der Waals surface area contributed by atoms with Crippen molar-refractivity contribution in [3.63, 3.8) is 0 Å². The number of thiophene rings is 1. The van der Waals surface area contributed by atoms with Crippen LogP contribution in [0.3, 0.4) is 0 Å². The van der Waals surface area contributed by atoms with Crippen molar-refractivity contribution in [1.29, 1.82) is 0 Å². The van der Waals surface area contributed by atoms with E-state index >= 15 is 0 Å². The first-order valence-electron chi connectivity index (χ1n) is 4.43. The Morgan fingerprint density at radius 2 is 2.38 bits per heavy atom. The largest absolute Gasteiger partial charge is 0.480 e. The first-order valence-corrected chi connectivity index (χ1v) is 7.01. The van der Waals surface area contributed by atoms with Gasteiger partial charge in [0.25, 0.3) is 0 Å². The van der Waals surface area contributed by atoms with Crippen molar-refractivity contribution < 1.29 is 9.90 Å². The summed E-state index contributed by atoms with van der Waals surface area (Å²) in [5.41, 5.74) is 0. The summed E-state index contributed by atoms with van der Waals surface area (Å²) < 4.78 is 0.693. The van der Waals surface area contributed by atoms with Crippen LogP contribution < -0.4 is 0 Å². The summed E-state index contributed by atoms with van der Waals surface area (Å²) in [6.45, 7) is 1.64. The summed E-state index contributed by atoms with van der Waals surface area (Å²) in [5, 5.41) is 19.1. The maximum atomic E-state index is 10.7. The van der Waals surface area contributed by atoms with Gasteiger partial charge in [-0.05, 0) is 18.4 Å². The van der Waals surface area contributed by atoms with Gasteiger partial charge in [0.2, 0.25) is 0 Å². The molecule has 2 aromatic heterocycles. The van der Waals surface area contributed by atoms with Crippen molar-refractivity contribution in [2.45, 2.75) is 16.5 Å². The molecule has 0 fully saturated rings. The summed E-state index contributed by atoms with van der Waals surface area (Å²) >= 11 is 4.24. The Hall–Kier alpha value is -0.920. The number of rotatable bonds is 4. The molecule has 2 aromatic rings. The van der Waals surface area contributed by atoms with Crippen molar-refractivity contribution in [3.05, 3.63) is 17.5 Å². The van der Waals surface area contributed by atoms with Crippen LogP contribution in [-0.2, 0) is 4.79 Å². The van der Waals surface area contributed by atoms with Crippen LogP contribution in [0.1, 0.15) is 6.92 Å². The van der Waals surface area contributed by atoms with Crippen LogP contribution in [0.25, 0.3) is 9.88 Å². The van der Waals surface area contributed by atoms with Crippen LogP contribution in [0, 0.1) is 0 Å². The molecule has 1 N–H and O–H groups in total. The van der Waals surface area contributed by atoms with Gasteiger partial charge in [-0.25, -0.2) is 0 Å². The second-order valence-corrected chi connectivity index (χ2v) is 6.46. The maximum Gasteiger partial charge on any atom is 0.316 e. The lowest BCUT2D eigenvalue weighted by atomic mass is 10.5. The number of aliphatic carboxylic acids is 1. The van der Waals surface area contributed by atoms with Crippen LogP contribution in [0.2, 0.25) is 0 Å². The monoisotopic (exact) mass is 272 g/mol. The van der Waals surface area contributed by atoms with Gasteiger partial charge in [0.15, 0.2) is 9.35 Å². The molecule has 0 aromatic carbocycles. The molecule has 2 rings (SSSR count). The highest BCUT2D eigenvalue weighted by Crippen LogP contribution is 2.33. The van der Waals surface area contributed by atoms with E-state index in [-0.39, 0.29) is 0 Å². The maximum absolute atomic E-state index is 10.7. The SMILES string of the molecule is CC(Sc1nnc(-c2cccs2)s1)C(=O)O. The van der Waals surface area contributed by atoms with Crippen molar-refractivity contribution in [1.82, 2.24) is 10.2 Å². The molecule has 0 aliphatic heterocycles. The molecular formula is C9H8N2O2S3. The third kappa shape index (κ3) is 2.60. The fraction of sp³-hybridized carbons (Fsp3) is 0.222. The highest BCUT2D eigenvalue weighted by atomic mass is 32.2. The molecule has 0 aliphatic rings. The van der Waals surface area contributed by atoms with E-state index in [0.29, 0.717) is 4.34 Å². The number of carboxylic acid groups (broad SMARTS) is 1. The molecule has 4 nitrogen and oxygen atoms in total. The summed E-state index contributed by atoms with van der Waals surface area (Å²) in [6, 6.07) is 3.92. The Bertz CT molecular complexity index is 481. The van der Waals surface area contributed by atoms with E-state index in [1.807, 2.05) is 17.5 Å². The molecule has 1 unspecified atom stereocenters. The first-order chi connectivity index (χ1) is 7.66. The van der Waals surface area contributed by atoms with Gasteiger partial charge >= 0.3 is 5.97 Å². The van der Waals surface area contributed by atoms with Crippen molar-refractivity contribution in [2.75, 3.05) is 0 Å². The zero-order valence-electron chi connectivity index (χ0n) is 8.28. The number of nitrogens with zero attached hydrogens (tertiary/aromatic N) is 2. The summed E-state index contributed by atoms with van der Waals surface area (Å²) in [4.78, 5) is 11.7. The number of carboxylic acids is 1. The van der Waals surface area contributed by atoms with Crippen molar-refractivity contribution in [2.24, 2.45) is 0 Å². The van der Waals surface area contributed by atoms with E-state index in [0.717, 1.165) is 9.88 Å². The standard InChI is InChI=1S/C9H8N2O2S3/c1-5(8(12)13)15-9-11-10-7(16-9)6-3-2-4-14-6/h2-5H,1H3,(H,12,13). The lowest BCUT2D eigenvalue weighted by molar-refractivity contribution is -0.136. The van der Waals surface area contributed by atoms with Gasteiger partial charge < -0.3 is 5.11 Å². The van der Waals surface area contributed by atoms with E-state index in [9.17, 15) is 4.79 Å². The molecule has 0 saturated carbocycles. The third-order valence-corrected chi connectivity index (χ3v) is 4.90. The second kappa shape index (κ2) is 4.94. The molecule has 1 atom stereocenters. The molecule has 2 heterocycles. The van der Waals surface area contributed by atoms with E-state index < -0.39 is 11.2 Å². The highest BCUT2D eigenvalue weighted by Gasteiger charge is 2.16. The van der Waals surface area contributed by atoms with E-state index in [4.69, 9.17) is 5.11 Å². The fourth-order valence-corrected chi connectivity index (χ4v) is 3.68. The number of thioether (sulfide) groups is 1. The summed E-state index contributed by atoms with van der Waals surface area (Å²) in [6.07, 6.45) is 0. The molecule has 0 saturated heterocycles. The van der Waals surface area contributed by atoms with Crippen LogP contribution in [0.5, 0.6) is 0 Å². The van der Waals surface area contributed by atoms with Crippen LogP contribution in [0.15, 0.2) is 21.9 Å². The van der Waals surface area contributed by atoms with Gasteiger partial charge in [0.05, 0.1) is 4.88 Å². The molecule has 0 aliphatic carbocycles. The first kappa shape index (κ1) is 11.6. The van der Waals surface area contributed by atoms with Crippen molar-refractivity contribution in [3.8, 4) is 9.88 Å². The zero-order valence-corrected chi connectivity index (χ0v) is 10.7. The minimum atomic E-state index is -0.835. The lowest BCUT2D eigenvalue weighted by Gasteiger charge is -1.99. The molecular weight excluding hydrogens is 264 g/mol. The Kier molecular flexibility index (Phi) is 3.57. The predicted octanol–water partition coefficient (Wildman–Crippen LogP) is 2.83. The van der Waals surface area contributed by atoms with Gasteiger partial charge in [0, 0.05) is 0 Å². The topological polar surface area (TPSA) is 63.1 Å². The lowest BCUT2D eigenvalue weighted by Crippen LogP contribution is -2.10. The Morgan fingerprint density at radius 3 is 3.00 bits per heavy atom. The Morgan fingerprint density at radius 1 is 1.56 bits per heavy atom. The number of carbonyl (C=O) groups is 1. The van der Waals surface area contributed by atoms with E-state index in [1.165, 1.54) is 23.1 Å². The molecule has 16 heavy (non-hydrogen) atoms. The highest BCUT2D eigenvalue weighted by molar-refractivity contribution is 8.02. The van der Waals surface area contributed by atoms with E-state index in [1.54, 1.807) is 18.3 Å². The molecule has 0 bridgehead atoms. The number of aromatic nitrogens is 2. The van der Waals surface area contributed by atoms with Crippen LogP contribution >= 0.6 is 34.4 Å². The Balaban J connectivity index is 2.11. The predicted molar refractivity (Wildman–Crippen MR) is 66.2 cm³/mol. The van der Waals surface area contributed by atoms with Crippen molar-refractivity contribution >= 4 is 40.4 Å². The normalized spacial score (nSPS) is 12.6. The second-order valence-electron chi connectivity index (χ2n) is 2.95. The van der Waals surface area contributed by atoms with Gasteiger partial charge in [-0.1, -0.05) is 29.2 Å². The quantitative estimate of drug-likeness (QED) is 0.867. The van der Waals surface area contributed by atoms with Gasteiger partial charge in [0.1, 0.15) is 5.25 Å². The van der Waals surface area contributed by atoms with Crippen LogP contribution in [0.4, 0.5) is 0 Å². The fourth-order valence-electron chi connectivity index (χ4n) is 0.959. The molecule has 0 amide bonds. The molecule has 7 heteroatoms. The number of hydrogen-bond acceptors (Lipinski definition) is 6. The average molecular weight is 272 g/mol. The smallest absolute Gasteiger partial charge is 0.316 e. The molecule has 0 radical (unpaired) electrons.